The first-order chi connectivity index (χ1) is 14.5. The largest absolute Gasteiger partial charge is 0.298 e. The lowest BCUT2D eigenvalue weighted by Crippen LogP contribution is -2.30. The molecule has 1 N–H and O–H groups in total. The van der Waals surface area contributed by atoms with E-state index in [4.69, 9.17) is 0 Å². The van der Waals surface area contributed by atoms with Gasteiger partial charge in [0.15, 0.2) is 5.13 Å². The number of thiazole rings is 1. The van der Waals surface area contributed by atoms with Crippen molar-refractivity contribution in [3.8, 4) is 0 Å². The van der Waals surface area contributed by atoms with E-state index in [-0.39, 0.29) is 17.7 Å². The molecule has 6 nitrogen and oxygen atoms in total. The molecule has 0 bridgehead atoms. The van der Waals surface area contributed by atoms with E-state index >= 15 is 0 Å². The van der Waals surface area contributed by atoms with Crippen LogP contribution in [0.2, 0.25) is 0 Å². The summed E-state index contributed by atoms with van der Waals surface area (Å²) in [6.07, 6.45) is 2.32. The van der Waals surface area contributed by atoms with E-state index in [1.54, 1.807) is 36.4 Å². The Hall–Kier alpha value is -3.32. The van der Waals surface area contributed by atoms with Crippen molar-refractivity contribution in [2.45, 2.75) is 26.2 Å². The van der Waals surface area contributed by atoms with Crippen molar-refractivity contribution >= 4 is 34.2 Å². The van der Waals surface area contributed by atoms with Gasteiger partial charge in [0.25, 0.3) is 17.7 Å². The van der Waals surface area contributed by atoms with Gasteiger partial charge in [0, 0.05) is 17.0 Å². The van der Waals surface area contributed by atoms with Crippen LogP contribution in [0.5, 0.6) is 0 Å². The topological polar surface area (TPSA) is 79.4 Å². The van der Waals surface area contributed by atoms with E-state index < -0.39 is 0 Å². The number of carbonyl (C=O) groups is 3. The lowest BCUT2D eigenvalue weighted by Gasteiger charge is -2.13. The minimum atomic E-state index is -0.213. The van der Waals surface area contributed by atoms with Gasteiger partial charge in [0.05, 0.1) is 16.8 Å². The number of rotatable bonds is 7. The smallest absolute Gasteiger partial charge is 0.261 e. The Morgan fingerprint density at radius 1 is 0.967 bits per heavy atom. The first-order valence-corrected chi connectivity index (χ1v) is 10.6. The van der Waals surface area contributed by atoms with Crippen LogP contribution in [0.4, 0.5) is 5.13 Å². The van der Waals surface area contributed by atoms with Crippen LogP contribution < -0.4 is 5.32 Å². The number of benzene rings is 2. The van der Waals surface area contributed by atoms with Crippen LogP contribution in [-0.2, 0) is 6.42 Å². The number of unbranched alkanes of at least 4 members (excludes halogenated alkanes) is 1. The summed E-state index contributed by atoms with van der Waals surface area (Å²) < 4.78 is 0. The third-order valence-corrected chi connectivity index (χ3v) is 6.20. The summed E-state index contributed by atoms with van der Waals surface area (Å²) in [6.45, 7) is 2.33. The van der Waals surface area contributed by atoms with Gasteiger partial charge >= 0.3 is 0 Å². The molecule has 0 saturated carbocycles. The molecule has 7 heteroatoms. The zero-order chi connectivity index (χ0) is 21.1. The molecule has 0 spiro atoms. The van der Waals surface area contributed by atoms with Gasteiger partial charge in [-0.25, -0.2) is 4.98 Å². The predicted octanol–water partition coefficient (Wildman–Crippen LogP) is 4.32. The van der Waals surface area contributed by atoms with Crippen molar-refractivity contribution < 1.29 is 14.4 Å². The number of nitrogens with one attached hydrogen (secondary N) is 1. The van der Waals surface area contributed by atoms with Crippen LogP contribution in [-0.4, -0.2) is 34.2 Å². The van der Waals surface area contributed by atoms with Crippen LogP contribution in [0.15, 0.2) is 54.6 Å². The number of amides is 3. The van der Waals surface area contributed by atoms with Crippen LogP contribution in [0.3, 0.4) is 0 Å². The Bertz CT molecular complexity index is 1070. The van der Waals surface area contributed by atoms with Gasteiger partial charge in [-0.05, 0) is 50.5 Å². The maximum Gasteiger partial charge on any atom is 0.261 e. The maximum atomic E-state index is 12.4. The molecule has 30 heavy (non-hydrogen) atoms. The maximum absolute atomic E-state index is 12.4. The molecule has 0 fully saturated rings. The lowest BCUT2D eigenvalue weighted by atomic mass is 10.1. The fourth-order valence-corrected chi connectivity index (χ4v) is 4.47. The van der Waals surface area contributed by atoms with Crippen LogP contribution in [0.25, 0.3) is 0 Å². The normalized spacial score (nSPS) is 12.9. The van der Waals surface area contributed by atoms with Gasteiger partial charge < -0.3 is 0 Å². The van der Waals surface area contributed by atoms with E-state index in [1.165, 1.54) is 16.2 Å². The predicted molar refractivity (Wildman–Crippen MR) is 116 cm³/mol. The van der Waals surface area contributed by atoms with Gasteiger partial charge in [0.2, 0.25) is 0 Å². The van der Waals surface area contributed by atoms with E-state index in [0.717, 1.165) is 23.4 Å². The van der Waals surface area contributed by atoms with Crippen molar-refractivity contribution in [1.29, 1.82) is 0 Å². The third-order valence-electron chi connectivity index (χ3n) is 5.06. The Morgan fingerprint density at radius 2 is 1.60 bits per heavy atom. The first-order valence-electron chi connectivity index (χ1n) is 9.82. The Kier molecular flexibility index (Phi) is 5.72. The highest BCUT2D eigenvalue weighted by atomic mass is 32.1. The molecule has 1 aliphatic rings. The Balaban J connectivity index is 1.30. The SMILES string of the molecule is Cc1nc(NC(=O)c2ccccc2)sc1CCCCN1C(=O)c2ccccc2C1=O. The van der Waals surface area contributed by atoms with Crippen LogP contribution in [0, 0.1) is 6.92 Å². The van der Waals surface area contributed by atoms with Gasteiger partial charge in [-0.2, -0.15) is 0 Å². The molecule has 4 rings (SSSR count). The molecule has 0 radical (unpaired) electrons. The van der Waals surface area contributed by atoms with E-state index in [1.807, 2.05) is 25.1 Å². The van der Waals surface area contributed by atoms with Gasteiger partial charge in [-0.15, -0.1) is 11.3 Å². The average Bonchev–Trinajstić information content (AvgIpc) is 3.23. The number of carbonyl (C=O) groups excluding carboxylic acids is 3. The van der Waals surface area contributed by atoms with Crippen molar-refractivity contribution in [2.75, 3.05) is 11.9 Å². The molecule has 3 aromatic rings. The summed E-state index contributed by atoms with van der Waals surface area (Å²) in [7, 11) is 0. The molecular weight excluding hydrogens is 398 g/mol. The Morgan fingerprint density at radius 3 is 2.27 bits per heavy atom. The molecule has 0 aliphatic carbocycles. The number of nitrogens with zero attached hydrogens (tertiary/aromatic N) is 2. The molecule has 0 atom stereocenters. The van der Waals surface area contributed by atoms with Crippen molar-refractivity contribution in [1.82, 2.24) is 9.88 Å². The quantitative estimate of drug-likeness (QED) is 0.457. The van der Waals surface area contributed by atoms with Crippen molar-refractivity contribution in [3.63, 3.8) is 0 Å². The molecular formula is C23H21N3O3S. The van der Waals surface area contributed by atoms with Crippen molar-refractivity contribution in [3.05, 3.63) is 81.9 Å². The molecule has 1 aliphatic heterocycles. The van der Waals surface area contributed by atoms with Gasteiger partial charge in [-0.3, -0.25) is 24.6 Å². The zero-order valence-corrected chi connectivity index (χ0v) is 17.4. The number of hydrogen-bond donors (Lipinski definition) is 1. The molecule has 3 amide bonds. The van der Waals surface area contributed by atoms with E-state index in [0.29, 0.717) is 34.8 Å². The third kappa shape index (κ3) is 4.02. The molecule has 2 aromatic carbocycles. The fourth-order valence-electron chi connectivity index (χ4n) is 3.47. The zero-order valence-electron chi connectivity index (χ0n) is 16.6. The second kappa shape index (κ2) is 8.59. The number of fused-ring (bicyclic) bond motifs is 1. The summed E-state index contributed by atoms with van der Waals surface area (Å²) in [5.41, 5.74) is 2.45. The van der Waals surface area contributed by atoms with Gasteiger partial charge in [-0.1, -0.05) is 30.3 Å². The van der Waals surface area contributed by atoms with Crippen LogP contribution >= 0.6 is 11.3 Å². The second-order valence-electron chi connectivity index (χ2n) is 7.11. The standard InChI is InChI=1S/C23H21N3O3S/c1-15-19(30-23(24-15)25-20(27)16-9-3-2-4-10-16)13-7-8-14-26-21(28)17-11-5-6-12-18(17)22(26)29/h2-6,9-12H,7-8,13-14H2,1H3,(H,24,25,27). The summed E-state index contributed by atoms with van der Waals surface area (Å²) >= 11 is 1.47. The average molecular weight is 420 g/mol. The van der Waals surface area contributed by atoms with E-state index in [2.05, 4.69) is 10.3 Å². The minimum Gasteiger partial charge on any atom is -0.298 e. The highest BCUT2D eigenvalue weighted by Crippen LogP contribution is 2.26. The van der Waals surface area contributed by atoms with E-state index in [9.17, 15) is 14.4 Å². The number of aromatic nitrogens is 1. The summed E-state index contributed by atoms with van der Waals surface area (Å²) in [5, 5.41) is 3.43. The second-order valence-corrected chi connectivity index (χ2v) is 8.20. The highest BCUT2D eigenvalue weighted by molar-refractivity contribution is 7.15. The number of imide groups is 1. The highest BCUT2D eigenvalue weighted by Gasteiger charge is 2.34. The number of hydrogen-bond acceptors (Lipinski definition) is 5. The molecule has 0 unspecified atom stereocenters. The Labute approximate surface area is 178 Å². The number of aryl methyl sites for hydroxylation is 2. The summed E-state index contributed by atoms with van der Waals surface area (Å²) in [5.74, 6) is -0.604. The summed E-state index contributed by atoms with van der Waals surface area (Å²) in [4.78, 5) is 44.0. The molecule has 1 aromatic heterocycles. The monoisotopic (exact) mass is 419 g/mol. The fraction of sp³-hybridized carbons (Fsp3) is 0.217. The molecule has 2 heterocycles. The lowest BCUT2D eigenvalue weighted by molar-refractivity contribution is 0.0651. The van der Waals surface area contributed by atoms with Crippen LogP contribution in [0.1, 0.15) is 54.5 Å². The number of anilines is 1. The molecule has 0 saturated heterocycles. The first kappa shape index (κ1) is 20.0. The molecule has 152 valence electrons. The minimum absolute atomic E-state index is 0.179. The van der Waals surface area contributed by atoms with Gasteiger partial charge in [0.1, 0.15) is 0 Å². The van der Waals surface area contributed by atoms with Crippen molar-refractivity contribution in [2.24, 2.45) is 0 Å². The summed E-state index contributed by atoms with van der Waals surface area (Å²) in [6, 6.07) is 16.0.